The minimum absolute atomic E-state index is 0.0432. The van der Waals surface area contributed by atoms with E-state index in [4.69, 9.17) is 0 Å². The van der Waals surface area contributed by atoms with Crippen LogP contribution in [0.1, 0.15) is 25.6 Å². The van der Waals surface area contributed by atoms with Crippen molar-refractivity contribution in [3.63, 3.8) is 0 Å². The molecule has 1 N–H and O–H groups in total. The number of non-ortho nitro benzene ring substituents is 1. The molecule has 0 fully saturated rings. The van der Waals surface area contributed by atoms with Crippen LogP contribution < -0.4 is 4.72 Å². The fourth-order valence-electron chi connectivity index (χ4n) is 2.10. The molecule has 0 saturated carbocycles. The molecule has 23 heavy (non-hydrogen) atoms. The molecule has 0 radical (unpaired) electrons. The quantitative estimate of drug-likeness (QED) is 0.646. The van der Waals surface area contributed by atoms with Gasteiger partial charge in [-0.25, -0.2) is 13.1 Å². The Morgan fingerprint density at radius 3 is 2.48 bits per heavy atom. The summed E-state index contributed by atoms with van der Waals surface area (Å²) in [6, 6.07) is 9.69. The Kier molecular flexibility index (Phi) is 5.07. The first-order chi connectivity index (χ1) is 10.8. The number of nitro groups is 1. The Bertz CT molecular complexity index is 791. The molecule has 8 heteroatoms. The van der Waals surface area contributed by atoms with Crippen molar-refractivity contribution in [2.75, 3.05) is 0 Å². The zero-order chi connectivity index (χ0) is 17.0. The maximum Gasteiger partial charge on any atom is 0.270 e. The zero-order valence-electron chi connectivity index (χ0n) is 12.7. The van der Waals surface area contributed by atoms with Crippen LogP contribution in [0.2, 0.25) is 0 Å². The van der Waals surface area contributed by atoms with E-state index < -0.39 is 21.0 Å². The highest BCUT2D eigenvalue weighted by molar-refractivity contribution is 7.89. The Labute approximate surface area is 134 Å². The number of hydrogen-bond donors (Lipinski definition) is 1. The highest BCUT2D eigenvalue weighted by atomic mass is 32.2. The smallest absolute Gasteiger partial charge is 0.260 e. The van der Waals surface area contributed by atoms with Gasteiger partial charge in [-0.05, 0) is 24.1 Å². The number of aromatic nitrogens is 1. The van der Waals surface area contributed by atoms with Crippen LogP contribution >= 0.6 is 0 Å². The van der Waals surface area contributed by atoms with Crippen molar-refractivity contribution in [2.45, 2.75) is 24.8 Å². The average molecular weight is 335 g/mol. The summed E-state index contributed by atoms with van der Waals surface area (Å²) in [6.45, 7) is 3.74. The van der Waals surface area contributed by atoms with Crippen LogP contribution in [-0.2, 0) is 10.0 Å². The van der Waals surface area contributed by atoms with E-state index in [1.165, 1.54) is 18.2 Å². The number of sulfonamides is 1. The molecule has 0 bridgehead atoms. The van der Waals surface area contributed by atoms with Crippen molar-refractivity contribution in [1.29, 1.82) is 0 Å². The molecule has 122 valence electrons. The number of nitrogens with one attached hydrogen (secondary N) is 1. The van der Waals surface area contributed by atoms with Crippen LogP contribution in [-0.4, -0.2) is 18.3 Å². The van der Waals surface area contributed by atoms with Gasteiger partial charge in [-0.3, -0.25) is 15.1 Å². The van der Waals surface area contributed by atoms with Crippen LogP contribution in [0.3, 0.4) is 0 Å². The molecule has 1 atom stereocenters. The first-order valence-electron chi connectivity index (χ1n) is 6.99. The largest absolute Gasteiger partial charge is 0.270 e. The molecule has 1 unspecified atom stereocenters. The van der Waals surface area contributed by atoms with Crippen LogP contribution in [0.25, 0.3) is 0 Å². The lowest BCUT2D eigenvalue weighted by Gasteiger charge is -2.21. The third-order valence-corrected chi connectivity index (χ3v) is 4.73. The van der Waals surface area contributed by atoms with Crippen LogP contribution in [0.4, 0.5) is 5.69 Å². The van der Waals surface area contributed by atoms with Crippen LogP contribution in [0.5, 0.6) is 0 Å². The monoisotopic (exact) mass is 335 g/mol. The van der Waals surface area contributed by atoms with Gasteiger partial charge in [0.05, 0.1) is 21.6 Å². The highest BCUT2D eigenvalue weighted by Gasteiger charge is 2.25. The van der Waals surface area contributed by atoms with E-state index in [1.54, 1.807) is 24.4 Å². The normalized spacial score (nSPS) is 13.0. The summed E-state index contributed by atoms with van der Waals surface area (Å²) >= 11 is 0. The third kappa shape index (κ3) is 4.11. The lowest BCUT2D eigenvalue weighted by Crippen LogP contribution is -2.32. The fraction of sp³-hybridized carbons (Fsp3) is 0.267. The molecular formula is C15H17N3O4S. The molecule has 1 heterocycles. The second-order valence-corrected chi connectivity index (χ2v) is 7.07. The molecular weight excluding hydrogens is 318 g/mol. The van der Waals surface area contributed by atoms with Crippen molar-refractivity contribution >= 4 is 15.7 Å². The SMILES string of the molecule is CC(C)C(NS(=O)(=O)c1cccc([N+](=O)[O-])c1)c1ccccn1. The summed E-state index contributed by atoms with van der Waals surface area (Å²) in [6.07, 6.45) is 1.59. The standard InChI is InChI=1S/C15H17N3O4S/c1-11(2)15(14-8-3-4-9-16-14)17-23(21,22)13-7-5-6-12(10-13)18(19)20/h3-11,15,17H,1-2H3. The molecule has 0 spiro atoms. The first kappa shape index (κ1) is 17.0. The second-order valence-electron chi connectivity index (χ2n) is 5.35. The number of rotatable bonds is 6. The molecule has 0 aliphatic carbocycles. The summed E-state index contributed by atoms with van der Waals surface area (Å²) in [7, 11) is -3.90. The van der Waals surface area contributed by atoms with E-state index in [1.807, 2.05) is 13.8 Å². The molecule has 0 aliphatic heterocycles. The van der Waals surface area contributed by atoms with Gasteiger partial charge < -0.3 is 0 Å². The number of nitrogens with zero attached hydrogens (tertiary/aromatic N) is 2. The lowest BCUT2D eigenvalue weighted by atomic mass is 10.0. The van der Waals surface area contributed by atoms with E-state index in [0.717, 1.165) is 6.07 Å². The summed E-state index contributed by atoms with van der Waals surface area (Å²) in [5.74, 6) is -0.0432. The van der Waals surface area contributed by atoms with Gasteiger partial charge in [-0.15, -0.1) is 0 Å². The van der Waals surface area contributed by atoms with E-state index >= 15 is 0 Å². The van der Waals surface area contributed by atoms with E-state index in [-0.39, 0.29) is 16.5 Å². The van der Waals surface area contributed by atoms with Gasteiger partial charge in [-0.2, -0.15) is 0 Å². The number of pyridine rings is 1. The van der Waals surface area contributed by atoms with Crippen LogP contribution in [0, 0.1) is 16.0 Å². The van der Waals surface area contributed by atoms with Gasteiger partial charge >= 0.3 is 0 Å². The van der Waals surface area contributed by atoms with Gasteiger partial charge in [0.1, 0.15) is 0 Å². The van der Waals surface area contributed by atoms with Gasteiger partial charge in [0.15, 0.2) is 0 Å². The molecule has 2 rings (SSSR count). The number of nitro benzene ring substituents is 1. The van der Waals surface area contributed by atoms with Crippen molar-refractivity contribution in [3.8, 4) is 0 Å². The van der Waals surface area contributed by atoms with Crippen molar-refractivity contribution < 1.29 is 13.3 Å². The van der Waals surface area contributed by atoms with Gasteiger partial charge in [0.25, 0.3) is 5.69 Å². The summed E-state index contributed by atoms with van der Waals surface area (Å²) in [5.41, 5.74) is 0.323. The van der Waals surface area contributed by atoms with Crippen molar-refractivity contribution in [3.05, 3.63) is 64.5 Å². The lowest BCUT2D eigenvalue weighted by molar-refractivity contribution is -0.385. The Morgan fingerprint density at radius 1 is 1.17 bits per heavy atom. The Morgan fingerprint density at radius 2 is 1.91 bits per heavy atom. The summed E-state index contributed by atoms with van der Waals surface area (Å²) in [4.78, 5) is 14.2. The van der Waals surface area contributed by atoms with Gasteiger partial charge in [0.2, 0.25) is 10.0 Å². The molecule has 1 aromatic heterocycles. The fourth-order valence-corrected chi connectivity index (χ4v) is 3.49. The second kappa shape index (κ2) is 6.84. The number of hydrogen-bond acceptors (Lipinski definition) is 5. The summed E-state index contributed by atoms with van der Waals surface area (Å²) in [5, 5.41) is 10.8. The molecule has 1 aromatic carbocycles. The molecule has 0 aliphatic rings. The van der Waals surface area contributed by atoms with Gasteiger partial charge in [0, 0.05) is 18.3 Å². The minimum atomic E-state index is -3.90. The van der Waals surface area contributed by atoms with E-state index in [0.29, 0.717) is 5.69 Å². The van der Waals surface area contributed by atoms with Crippen molar-refractivity contribution in [1.82, 2.24) is 9.71 Å². The molecule has 2 aromatic rings. The summed E-state index contributed by atoms with van der Waals surface area (Å²) < 4.78 is 27.6. The maximum atomic E-state index is 12.5. The minimum Gasteiger partial charge on any atom is -0.260 e. The Hall–Kier alpha value is -2.32. The van der Waals surface area contributed by atoms with Gasteiger partial charge in [-0.1, -0.05) is 26.0 Å². The number of benzene rings is 1. The average Bonchev–Trinajstić information content (AvgIpc) is 2.53. The highest BCUT2D eigenvalue weighted by Crippen LogP contribution is 2.24. The third-order valence-electron chi connectivity index (χ3n) is 3.29. The predicted molar refractivity (Wildman–Crippen MR) is 85.2 cm³/mol. The maximum absolute atomic E-state index is 12.5. The van der Waals surface area contributed by atoms with Crippen LogP contribution in [0.15, 0.2) is 53.6 Å². The molecule has 0 amide bonds. The Balaban J connectivity index is 2.35. The topological polar surface area (TPSA) is 102 Å². The molecule has 7 nitrogen and oxygen atoms in total. The van der Waals surface area contributed by atoms with Crippen molar-refractivity contribution in [2.24, 2.45) is 5.92 Å². The zero-order valence-corrected chi connectivity index (χ0v) is 13.5. The first-order valence-corrected chi connectivity index (χ1v) is 8.47. The van der Waals surface area contributed by atoms with E-state index in [9.17, 15) is 18.5 Å². The predicted octanol–water partition coefficient (Wildman–Crippen LogP) is 2.67. The van der Waals surface area contributed by atoms with E-state index in [2.05, 4.69) is 9.71 Å². The molecule has 0 saturated heterocycles.